The third-order valence-electron chi connectivity index (χ3n) is 3.56. The Morgan fingerprint density at radius 3 is 2.60 bits per heavy atom. The molecule has 20 heavy (non-hydrogen) atoms. The first-order valence-electron chi connectivity index (χ1n) is 6.92. The van der Waals surface area contributed by atoms with Crippen LogP contribution in [0.4, 0.5) is 0 Å². The number of aromatic nitrogens is 2. The van der Waals surface area contributed by atoms with Gasteiger partial charge in [-0.3, -0.25) is 0 Å². The molecule has 1 aromatic rings. The van der Waals surface area contributed by atoms with Gasteiger partial charge < -0.3 is 10.2 Å². The number of thioether (sulfide) groups is 1. The fourth-order valence-corrected chi connectivity index (χ4v) is 3.95. The summed E-state index contributed by atoms with van der Waals surface area (Å²) in [6, 6.07) is 0. The van der Waals surface area contributed by atoms with Gasteiger partial charge in [0.2, 0.25) is 0 Å². The lowest BCUT2D eigenvalue weighted by Crippen LogP contribution is -2.22. The highest BCUT2D eigenvalue weighted by Crippen LogP contribution is 2.34. The quantitative estimate of drug-likeness (QED) is 0.659. The number of aryl methyl sites for hydroxylation is 2. The summed E-state index contributed by atoms with van der Waals surface area (Å²) in [5.41, 5.74) is 0.646. The van der Waals surface area contributed by atoms with Crippen molar-refractivity contribution in [3.8, 4) is 0 Å². The highest BCUT2D eigenvalue weighted by molar-refractivity contribution is 8.00. The van der Waals surface area contributed by atoms with Crippen molar-refractivity contribution in [3.05, 3.63) is 17.1 Å². The molecule has 1 aromatic heterocycles. The van der Waals surface area contributed by atoms with Gasteiger partial charge in [0.1, 0.15) is 16.4 Å². The van der Waals surface area contributed by atoms with E-state index in [1.807, 2.05) is 0 Å². The number of rotatable bonds is 3. The van der Waals surface area contributed by atoms with E-state index in [1.54, 1.807) is 13.8 Å². The second-order valence-electron chi connectivity index (χ2n) is 5.20. The normalized spacial score (nSPS) is 23.4. The second kappa shape index (κ2) is 6.54. The molecule has 110 valence electrons. The van der Waals surface area contributed by atoms with Gasteiger partial charge in [0, 0.05) is 5.25 Å². The lowest BCUT2D eigenvalue weighted by atomic mass is 10.1. The van der Waals surface area contributed by atoms with Gasteiger partial charge in [0.05, 0.1) is 11.8 Å². The highest BCUT2D eigenvalue weighted by Gasteiger charge is 2.26. The Labute approximate surface area is 122 Å². The molecule has 1 fully saturated rings. The fourth-order valence-electron chi connectivity index (χ4n) is 2.55. The SMILES string of the molecule is Cc1nc(C)c(C(=O)O)c(SC2CCCCCC2O)n1. The number of hydrogen-bond acceptors (Lipinski definition) is 5. The van der Waals surface area contributed by atoms with E-state index in [0.717, 1.165) is 32.1 Å². The first-order chi connectivity index (χ1) is 9.49. The lowest BCUT2D eigenvalue weighted by Gasteiger charge is -2.20. The maximum atomic E-state index is 11.4. The van der Waals surface area contributed by atoms with Crippen molar-refractivity contribution < 1.29 is 15.0 Å². The number of carboxylic acids is 1. The summed E-state index contributed by atoms with van der Waals surface area (Å²) in [5, 5.41) is 20.0. The molecule has 0 aliphatic heterocycles. The van der Waals surface area contributed by atoms with Crippen molar-refractivity contribution in [3.63, 3.8) is 0 Å². The molecule has 1 aliphatic rings. The highest BCUT2D eigenvalue weighted by atomic mass is 32.2. The van der Waals surface area contributed by atoms with Crippen LogP contribution in [0.25, 0.3) is 0 Å². The number of nitrogens with zero attached hydrogens (tertiary/aromatic N) is 2. The summed E-state index contributed by atoms with van der Waals surface area (Å²) in [4.78, 5) is 19.8. The van der Waals surface area contributed by atoms with Crippen LogP contribution in [-0.2, 0) is 0 Å². The van der Waals surface area contributed by atoms with E-state index in [9.17, 15) is 15.0 Å². The summed E-state index contributed by atoms with van der Waals surface area (Å²) >= 11 is 1.39. The van der Waals surface area contributed by atoms with Gasteiger partial charge in [-0.2, -0.15) is 0 Å². The Hall–Kier alpha value is -1.14. The van der Waals surface area contributed by atoms with Gasteiger partial charge >= 0.3 is 5.97 Å². The number of aliphatic hydroxyl groups is 1. The molecule has 1 saturated carbocycles. The zero-order valence-electron chi connectivity index (χ0n) is 11.8. The van der Waals surface area contributed by atoms with E-state index >= 15 is 0 Å². The van der Waals surface area contributed by atoms with Crippen LogP contribution in [0.5, 0.6) is 0 Å². The summed E-state index contributed by atoms with van der Waals surface area (Å²) in [6.07, 6.45) is 4.52. The Balaban J connectivity index is 2.29. The summed E-state index contributed by atoms with van der Waals surface area (Å²) in [7, 11) is 0. The molecule has 0 aromatic carbocycles. The monoisotopic (exact) mass is 296 g/mol. The van der Waals surface area contributed by atoms with E-state index in [-0.39, 0.29) is 16.9 Å². The van der Waals surface area contributed by atoms with Gasteiger partial charge in [-0.15, -0.1) is 0 Å². The number of carbonyl (C=O) groups is 1. The molecule has 2 unspecified atom stereocenters. The molecule has 6 heteroatoms. The maximum absolute atomic E-state index is 11.4. The smallest absolute Gasteiger partial charge is 0.340 e. The predicted octanol–water partition coefficient (Wildman–Crippen LogP) is 2.58. The Kier molecular flexibility index (Phi) is 4.99. The van der Waals surface area contributed by atoms with E-state index in [4.69, 9.17) is 0 Å². The zero-order valence-corrected chi connectivity index (χ0v) is 12.6. The third kappa shape index (κ3) is 3.49. The van der Waals surface area contributed by atoms with Crippen molar-refractivity contribution in [1.82, 2.24) is 9.97 Å². The average Bonchev–Trinajstić information content (AvgIpc) is 2.53. The maximum Gasteiger partial charge on any atom is 0.340 e. The molecular formula is C14H20N2O3S. The van der Waals surface area contributed by atoms with Gasteiger partial charge in [-0.05, 0) is 26.7 Å². The van der Waals surface area contributed by atoms with Crippen LogP contribution >= 0.6 is 11.8 Å². The van der Waals surface area contributed by atoms with Crippen molar-refractivity contribution in [1.29, 1.82) is 0 Å². The minimum atomic E-state index is -1.01. The molecule has 2 atom stereocenters. The average molecular weight is 296 g/mol. The van der Waals surface area contributed by atoms with Crippen molar-refractivity contribution in [2.75, 3.05) is 0 Å². The van der Waals surface area contributed by atoms with Crippen LogP contribution in [0.3, 0.4) is 0 Å². The molecular weight excluding hydrogens is 276 g/mol. The van der Waals surface area contributed by atoms with Gasteiger partial charge in [0.15, 0.2) is 0 Å². The molecule has 2 N–H and O–H groups in total. The number of carboxylic acid groups (broad SMARTS) is 1. The summed E-state index contributed by atoms with van der Waals surface area (Å²) < 4.78 is 0. The fraction of sp³-hybridized carbons (Fsp3) is 0.643. The minimum absolute atomic E-state index is 0.0179. The minimum Gasteiger partial charge on any atom is -0.478 e. The lowest BCUT2D eigenvalue weighted by molar-refractivity contribution is 0.0690. The molecule has 1 aliphatic carbocycles. The van der Waals surface area contributed by atoms with Crippen LogP contribution in [0.2, 0.25) is 0 Å². The number of hydrogen-bond donors (Lipinski definition) is 2. The molecule has 0 radical (unpaired) electrons. The van der Waals surface area contributed by atoms with Crippen LogP contribution < -0.4 is 0 Å². The molecule has 0 spiro atoms. The Morgan fingerprint density at radius 2 is 1.90 bits per heavy atom. The number of aromatic carboxylic acids is 1. The van der Waals surface area contributed by atoms with E-state index < -0.39 is 5.97 Å². The van der Waals surface area contributed by atoms with Crippen LogP contribution in [0.15, 0.2) is 5.03 Å². The third-order valence-corrected chi connectivity index (χ3v) is 4.93. The van der Waals surface area contributed by atoms with E-state index in [1.165, 1.54) is 11.8 Å². The topological polar surface area (TPSA) is 83.3 Å². The molecule has 0 saturated heterocycles. The number of aliphatic hydroxyl groups excluding tert-OH is 1. The van der Waals surface area contributed by atoms with Crippen molar-refractivity contribution in [2.24, 2.45) is 0 Å². The Bertz CT molecular complexity index is 507. The van der Waals surface area contributed by atoms with Gasteiger partial charge in [0.25, 0.3) is 0 Å². The molecule has 0 amide bonds. The Morgan fingerprint density at radius 1 is 1.20 bits per heavy atom. The van der Waals surface area contributed by atoms with Crippen LogP contribution in [0.1, 0.15) is 54.0 Å². The van der Waals surface area contributed by atoms with E-state index in [0.29, 0.717) is 16.5 Å². The van der Waals surface area contributed by atoms with Crippen LogP contribution in [-0.4, -0.2) is 37.5 Å². The van der Waals surface area contributed by atoms with Crippen molar-refractivity contribution in [2.45, 2.75) is 62.3 Å². The molecule has 2 rings (SSSR count). The predicted molar refractivity (Wildman–Crippen MR) is 77.2 cm³/mol. The first kappa shape index (κ1) is 15.3. The largest absolute Gasteiger partial charge is 0.478 e. The zero-order chi connectivity index (χ0) is 14.7. The van der Waals surface area contributed by atoms with Gasteiger partial charge in [-0.1, -0.05) is 31.0 Å². The van der Waals surface area contributed by atoms with Crippen LogP contribution in [0, 0.1) is 13.8 Å². The second-order valence-corrected chi connectivity index (χ2v) is 6.43. The summed E-state index contributed by atoms with van der Waals surface area (Å²) in [5.74, 6) is -0.439. The van der Waals surface area contributed by atoms with Gasteiger partial charge in [-0.25, -0.2) is 14.8 Å². The molecule has 1 heterocycles. The molecule has 5 nitrogen and oxygen atoms in total. The summed E-state index contributed by atoms with van der Waals surface area (Å²) in [6.45, 7) is 3.44. The standard InChI is InChI=1S/C14H20N2O3S/c1-8-12(14(18)19)13(16-9(2)15-8)20-11-7-5-3-4-6-10(11)17/h10-11,17H,3-7H2,1-2H3,(H,18,19). The van der Waals surface area contributed by atoms with Crippen molar-refractivity contribution >= 4 is 17.7 Å². The molecule has 0 bridgehead atoms. The van der Waals surface area contributed by atoms with E-state index in [2.05, 4.69) is 9.97 Å². The first-order valence-corrected chi connectivity index (χ1v) is 7.80.